The monoisotopic (exact) mass is 473 g/mol. The van der Waals surface area contributed by atoms with E-state index in [2.05, 4.69) is 10.2 Å². The van der Waals surface area contributed by atoms with Crippen molar-refractivity contribution in [2.75, 3.05) is 25.0 Å². The van der Waals surface area contributed by atoms with Crippen LogP contribution in [-0.2, 0) is 11.3 Å². The third-order valence-electron chi connectivity index (χ3n) is 7.02. The fourth-order valence-corrected chi connectivity index (χ4v) is 5.05. The van der Waals surface area contributed by atoms with E-state index in [-0.39, 0.29) is 23.6 Å². The minimum atomic E-state index is -1.24. The third-order valence-corrected chi connectivity index (χ3v) is 7.02. The molecule has 4 rings (SSSR count). The van der Waals surface area contributed by atoms with Gasteiger partial charge in [0.1, 0.15) is 5.82 Å². The van der Waals surface area contributed by atoms with Crippen molar-refractivity contribution in [3.05, 3.63) is 64.5 Å². The maximum atomic E-state index is 14.4. The molecule has 5 nitrogen and oxygen atoms in total. The Morgan fingerprint density at radius 1 is 1.09 bits per heavy atom. The molecule has 0 unspecified atom stereocenters. The zero-order valence-corrected chi connectivity index (χ0v) is 19.5. The fraction of sp³-hybridized carbons (Fsp3) is 0.462. The van der Waals surface area contributed by atoms with Crippen LogP contribution in [0.15, 0.2) is 30.3 Å². The second-order valence-electron chi connectivity index (χ2n) is 9.39. The number of benzene rings is 2. The van der Waals surface area contributed by atoms with Gasteiger partial charge < -0.3 is 10.2 Å². The van der Waals surface area contributed by atoms with Gasteiger partial charge in [-0.2, -0.15) is 0 Å². The first-order chi connectivity index (χ1) is 16.2. The maximum absolute atomic E-state index is 14.4. The highest BCUT2D eigenvalue weighted by Gasteiger charge is 2.33. The second kappa shape index (κ2) is 10.2. The highest BCUT2D eigenvalue weighted by molar-refractivity contribution is 6.04. The van der Waals surface area contributed by atoms with Crippen LogP contribution in [0.1, 0.15) is 54.1 Å². The summed E-state index contributed by atoms with van der Waals surface area (Å²) in [6.07, 6.45) is 4.19. The lowest BCUT2D eigenvalue weighted by atomic mass is 10.0. The van der Waals surface area contributed by atoms with Gasteiger partial charge in [0, 0.05) is 43.8 Å². The SMILES string of the molecule is Cc1c(CN2CCN(C(=O)C3CCCC3)[C@@H](C)C2)cc(F)cc1NC(=O)c1cccc(F)c1F. The van der Waals surface area contributed by atoms with Crippen LogP contribution in [0.3, 0.4) is 0 Å². The number of amides is 2. The van der Waals surface area contributed by atoms with Crippen molar-refractivity contribution in [2.24, 2.45) is 5.92 Å². The van der Waals surface area contributed by atoms with Gasteiger partial charge >= 0.3 is 0 Å². The summed E-state index contributed by atoms with van der Waals surface area (Å²) in [5.41, 5.74) is 1.12. The molecule has 1 N–H and O–H groups in total. The van der Waals surface area contributed by atoms with Crippen LogP contribution in [-0.4, -0.2) is 47.3 Å². The van der Waals surface area contributed by atoms with Crippen LogP contribution in [0.4, 0.5) is 18.9 Å². The smallest absolute Gasteiger partial charge is 0.258 e. The molecule has 1 atom stereocenters. The molecule has 2 aromatic carbocycles. The molecule has 1 aliphatic heterocycles. The van der Waals surface area contributed by atoms with Crippen molar-refractivity contribution in [1.82, 2.24) is 9.80 Å². The summed E-state index contributed by atoms with van der Waals surface area (Å²) in [6.45, 7) is 6.23. The number of hydrogen-bond acceptors (Lipinski definition) is 3. The Kier molecular flexibility index (Phi) is 7.26. The van der Waals surface area contributed by atoms with Crippen molar-refractivity contribution >= 4 is 17.5 Å². The number of anilines is 1. The Hall–Kier alpha value is -2.87. The van der Waals surface area contributed by atoms with Gasteiger partial charge in [-0.05, 0) is 62.1 Å². The Morgan fingerprint density at radius 2 is 1.82 bits per heavy atom. The summed E-state index contributed by atoms with van der Waals surface area (Å²) in [5.74, 6) is -3.34. The molecule has 0 bridgehead atoms. The van der Waals surface area contributed by atoms with Gasteiger partial charge in [-0.3, -0.25) is 14.5 Å². The van der Waals surface area contributed by atoms with E-state index >= 15 is 0 Å². The molecular weight excluding hydrogens is 443 g/mol. The first-order valence-electron chi connectivity index (χ1n) is 11.8. The predicted octanol–water partition coefficient (Wildman–Crippen LogP) is 4.89. The predicted molar refractivity (Wildman–Crippen MR) is 124 cm³/mol. The fourth-order valence-electron chi connectivity index (χ4n) is 5.05. The van der Waals surface area contributed by atoms with Crippen molar-refractivity contribution in [2.45, 2.75) is 52.1 Å². The first-order valence-corrected chi connectivity index (χ1v) is 11.8. The summed E-state index contributed by atoms with van der Waals surface area (Å²) in [4.78, 5) is 29.5. The lowest BCUT2D eigenvalue weighted by molar-refractivity contribution is -0.140. The van der Waals surface area contributed by atoms with Gasteiger partial charge in [-0.25, -0.2) is 13.2 Å². The van der Waals surface area contributed by atoms with Gasteiger partial charge in [0.15, 0.2) is 11.6 Å². The second-order valence-corrected chi connectivity index (χ2v) is 9.39. The van der Waals surface area contributed by atoms with Crippen LogP contribution in [0.25, 0.3) is 0 Å². The van der Waals surface area contributed by atoms with Gasteiger partial charge in [-0.1, -0.05) is 18.9 Å². The summed E-state index contributed by atoms with van der Waals surface area (Å²) in [5, 5.41) is 2.52. The zero-order valence-electron chi connectivity index (χ0n) is 19.5. The minimum Gasteiger partial charge on any atom is -0.337 e. The number of piperazine rings is 1. The molecule has 0 spiro atoms. The third kappa shape index (κ3) is 5.12. The minimum absolute atomic E-state index is 0.0610. The van der Waals surface area contributed by atoms with Crippen molar-refractivity contribution in [3.8, 4) is 0 Å². The number of hydrogen-bond donors (Lipinski definition) is 1. The molecule has 1 saturated carbocycles. The zero-order chi connectivity index (χ0) is 24.4. The van der Waals surface area contributed by atoms with Gasteiger partial charge in [0.2, 0.25) is 5.91 Å². The van der Waals surface area contributed by atoms with E-state index in [1.165, 1.54) is 24.3 Å². The highest BCUT2D eigenvalue weighted by atomic mass is 19.2. The number of nitrogens with zero attached hydrogens (tertiary/aromatic N) is 2. The molecule has 2 amide bonds. The molecule has 182 valence electrons. The molecule has 2 aromatic rings. The van der Waals surface area contributed by atoms with Crippen molar-refractivity contribution < 1.29 is 22.8 Å². The molecule has 2 fully saturated rings. The highest BCUT2D eigenvalue weighted by Crippen LogP contribution is 2.29. The average Bonchev–Trinajstić information content (AvgIpc) is 3.33. The standard InChI is InChI=1S/C26H30F3N3O2/c1-16-14-31(10-11-32(16)26(34)18-6-3-4-7-18)15-19-12-20(27)13-23(17(19)2)30-25(33)21-8-5-9-22(28)24(21)29/h5,8-9,12-13,16,18H,3-4,6-7,10-11,14-15H2,1-2H3,(H,30,33)/t16-/m0/s1. The Bertz CT molecular complexity index is 1090. The maximum Gasteiger partial charge on any atom is 0.258 e. The largest absolute Gasteiger partial charge is 0.337 e. The number of halogens is 3. The average molecular weight is 474 g/mol. The summed E-state index contributed by atoms with van der Waals surface area (Å²) >= 11 is 0. The topological polar surface area (TPSA) is 52.6 Å². The van der Waals surface area contributed by atoms with E-state index < -0.39 is 28.9 Å². The molecular formula is C26H30F3N3O2. The summed E-state index contributed by atoms with van der Waals surface area (Å²) < 4.78 is 41.9. The number of rotatable bonds is 5. The molecule has 2 aliphatic rings. The molecule has 34 heavy (non-hydrogen) atoms. The quantitative estimate of drug-likeness (QED) is 0.673. The van der Waals surface area contributed by atoms with Crippen LogP contribution in [0, 0.1) is 30.3 Å². The Balaban J connectivity index is 1.44. The van der Waals surface area contributed by atoms with E-state index in [1.807, 2.05) is 11.8 Å². The van der Waals surface area contributed by atoms with Crippen LogP contribution in [0.2, 0.25) is 0 Å². The number of nitrogens with one attached hydrogen (secondary N) is 1. The molecule has 1 aliphatic carbocycles. The first kappa shape index (κ1) is 24.3. The summed E-state index contributed by atoms with van der Waals surface area (Å²) in [7, 11) is 0. The number of carbonyl (C=O) groups is 2. The van der Waals surface area contributed by atoms with Crippen LogP contribution < -0.4 is 5.32 Å². The van der Waals surface area contributed by atoms with Gasteiger partial charge in [0.05, 0.1) is 5.56 Å². The lowest BCUT2D eigenvalue weighted by Crippen LogP contribution is -2.54. The van der Waals surface area contributed by atoms with Gasteiger partial charge in [-0.15, -0.1) is 0 Å². The number of carbonyl (C=O) groups excluding carboxylic acids is 2. The van der Waals surface area contributed by atoms with E-state index in [9.17, 15) is 22.8 Å². The molecule has 8 heteroatoms. The van der Waals surface area contributed by atoms with Gasteiger partial charge in [0.25, 0.3) is 5.91 Å². The lowest BCUT2D eigenvalue weighted by Gasteiger charge is -2.41. The van der Waals surface area contributed by atoms with E-state index in [4.69, 9.17) is 0 Å². The molecule has 1 saturated heterocycles. The molecule has 1 heterocycles. The Labute approximate surface area is 197 Å². The van der Waals surface area contributed by atoms with E-state index in [0.29, 0.717) is 37.3 Å². The van der Waals surface area contributed by atoms with E-state index in [0.717, 1.165) is 31.7 Å². The van der Waals surface area contributed by atoms with Crippen LogP contribution in [0.5, 0.6) is 0 Å². The summed E-state index contributed by atoms with van der Waals surface area (Å²) in [6, 6.07) is 6.01. The van der Waals surface area contributed by atoms with Crippen molar-refractivity contribution in [1.29, 1.82) is 0 Å². The molecule has 0 radical (unpaired) electrons. The van der Waals surface area contributed by atoms with E-state index in [1.54, 1.807) is 6.92 Å². The normalized spacial score (nSPS) is 19.4. The molecule has 0 aromatic heterocycles. The Morgan fingerprint density at radius 3 is 2.53 bits per heavy atom. The van der Waals surface area contributed by atoms with Crippen molar-refractivity contribution in [3.63, 3.8) is 0 Å². The van der Waals surface area contributed by atoms with Crippen LogP contribution >= 0.6 is 0 Å².